The number of methoxy groups -OCH3 is 1. The molecule has 1 aromatic rings. The average Bonchev–Trinajstić information content (AvgIpc) is 3.43. The fourth-order valence-corrected chi connectivity index (χ4v) is 10.5. The van der Waals surface area contributed by atoms with Gasteiger partial charge in [-0.25, -0.2) is 0 Å². The van der Waals surface area contributed by atoms with E-state index in [2.05, 4.69) is 43.4 Å². The van der Waals surface area contributed by atoms with E-state index < -0.39 is 11.7 Å². The van der Waals surface area contributed by atoms with Crippen molar-refractivity contribution in [1.29, 1.82) is 0 Å². The Hall–Kier alpha value is -1.56. The molecule has 0 aromatic heterocycles. The Morgan fingerprint density at radius 3 is 2.69 bits per heavy atom. The first-order valence-corrected chi connectivity index (χ1v) is 13.8. The molecule has 0 amide bonds. The molecule has 1 spiro atoms. The first kappa shape index (κ1) is 23.8. The summed E-state index contributed by atoms with van der Waals surface area (Å²) in [5.41, 5.74) is 1.38. The third-order valence-electron chi connectivity index (χ3n) is 12.0. The molecule has 1 aromatic carbocycles. The molecular formula is C30H43NO4. The lowest BCUT2D eigenvalue weighted by Gasteiger charge is -2.61. The molecule has 10 atom stereocenters. The van der Waals surface area contributed by atoms with E-state index in [1.807, 2.05) is 0 Å². The molecular weight excluding hydrogens is 438 g/mol. The standard InChI is InChI=1S/C30H43NO4/c1-18(32)17-31-22-7-5-6-19(13-22)12-20-8-10-29(16-20)11-9-21-14-23-26-24(33)15-25(35-4)30(26,34)27(21,2)28(23,29)3/h5-7,13,15,18,20-21,23,25-26,31-34H,8-12,14,16-17H2,1-4H3/t18-,20-,21+,23-,25+,26+,27-,28-,29-,30+/m0/s1. The first-order chi connectivity index (χ1) is 16.6. The maximum atomic E-state index is 12.4. The topological polar surface area (TPSA) is 82.0 Å². The van der Waals surface area contributed by atoms with Gasteiger partial charge in [0, 0.05) is 24.8 Å². The van der Waals surface area contributed by atoms with Crippen LogP contribution in [0.5, 0.6) is 0 Å². The van der Waals surface area contributed by atoms with E-state index >= 15 is 0 Å². The highest BCUT2D eigenvalue weighted by Crippen LogP contribution is 2.86. The van der Waals surface area contributed by atoms with Gasteiger partial charge in [-0.1, -0.05) is 26.0 Å². The summed E-state index contributed by atoms with van der Waals surface area (Å²) >= 11 is 0. The Bertz CT molecular complexity index is 1040. The van der Waals surface area contributed by atoms with Gasteiger partial charge in [-0.3, -0.25) is 0 Å². The number of rotatable bonds is 6. The predicted octanol–water partition coefficient (Wildman–Crippen LogP) is 5.08. The summed E-state index contributed by atoms with van der Waals surface area (Å²) in [6.07, 6.45) is 9.29. The van der Waals surface area contributed by atoms with Crippen LogP contribution in [0.1, 0.15) is 64.9 Å². The van der Waals surface area contributed by atoms with E-state index in [9.17, 15) is 15.3 Å². The van der Waals surface area contributed by atoms with Crippen molar-refractivity contribution in [1.82, 2.24) is 0 Å². The van der Waals surface area contributed by atoms with Gasteiger partial charge < -0.3 is 25.4 Å². The average molecular weight is 482 g/mol. The van der Waals surface area contributed by atoms with E-state index in [4.69, 9.17) is 4.74 Å². The number of fused-ring (bicyclic) bond motifs is 2. The third-order valence-corrected chi connectivity index (χ3v) is 12.0. The largest absolute Gasteiger partial charge is 0.512 e. The molecule has 0 saturated heterocycles. The van der Waals surface area contributed by atoms with Gasteiger partial charge >= 0.3 is 0 Å². The molecule has 35 heavy (non-hydrogen) atoms. The fourth-order valence-electron chi connectivity index (χ4n) is 10.5. The molecule has 0 heterocycles. The summed E-state index contributed by atoms with van der Waals surface area (Å²) in [6.45, 7) is 7.19. The number of ether oxygens (including phenoxy) is 1. The summed E-state index contributed by atoms with van der Waals surface area (Å²) in [6, 6.07) is 8.67. The number of nitrogens with one attached hydrogen (secondary N) is 1. The fraction of sp³-hybridized carbons (Fsp3) is 0.733. The van der Waals surface area contributed by atoms with E-state index in [0.717, 1.165) is 18.5 Å². The van der Waals surface area contributed by atoms with Gasteiger partial charge in [0.25, 0.3) is 0 Å². The monoisotopic (exact) mass is 481 g/mol. The highest BCUT2D eigenvalue weighted by Gasteiger charge is 2.86. The zero-order valence-corrected chi connectivity index (χ0v) is 21.8. The van der Waals surface area contributed by atoms with Crippen molar-refractivity contribution >= 4 is 5.69 Å². The van der Waals surface area contributed by atoms with Crippen molar-refractivity contribution in [3.8, 4) is 0 Å². The number of hydrogen-bond acceptors (Lipinski definition) is 5. The van der Waals surface area contributed by atoms with Crippen LogP contribution in [0.25, 0.3) is 0 Å². The predicted molar refractivity (Wildman–Crippen MR) is 137 cm³/mol. The molecule has 5 nitrogen and oxygen atoms in total. The highest BCUT2D eigenvalue weighted by atomic mass is 16.5. The minimum absolute atomic E-state index is 0.00320. The normalized spacial score (nSPS) is 48.3. The van der Waals surface area contributed by atoms with E-state index in [1.54, 1.807) is 20.1 Å². The van der Waals surface area contributed by atoms with Crippen LogP contribution in [-0.2, 0) is 11.2 Å². The molecule has 4 bridgehead atoms. The van der Waals surface area contributed by atoms with Gasteiger partial charge in [-0.15, -0.1) is 0 Å². The zero-order valence-electron chi connectivity index (χ0n) is 21.8. The van der Waals surface area contributed by atoms with Crippen LogP contribution >= 0.6 is 0 Å². The van der Waals surface area contributed by atoms with Crippen molar-refractivity contribution in [2.24, 2.45) is 39.9 Å². The van der Waals surface area contributed by atoms with E-state index in [1.165, 1.54) is 37.7 Å². The van der Waals surface area contributed by atoms with Crippen LogP contribution in [-0.4, -0.2) is 46.8 Å². The first-order valence-electron chi connectivity index (χ1n) is 13.8. The van der Waals surface area contributed by atoms with Crippen LogP contribution in [0.4, 0.5) is 5.69 Å². The number of aliphatic hydroxyl groups is 3. The van der Waals surface area contributed by atoms with Crippen molar-refractivity contribution in [3.05, 3.63) is 41.7 Å². The van der Waals surface area contributed by atoms with Crippen molar-refractivity contribution in [2.45, 2.75) is 83.5 Å². The minimum atomic E-state index is -1.01. The smallest absolute Gasteiger partial charge is 0.111 e. The second kappa shape index (κ2) is 7.72. The second-order valence-corrected chi connectivity index (χ2v) is 13.1. The lowest BCUT2D eigenvalue weighted by molar-refractivity contribution is -0.218. The van der Waals surface area contributed by atoms with Crippen LogP contribution in [0, 0.1) is 39.9 Å². The van der Waals surface area contributed by atoms with Crippen LogP contribution in [0.15, 0.2) is 36.1 Å². The van der Waals surface area contributed by atoms with Crippen molar-refractivity contribution in [3.63, 3.8) is 0 Å². The number of benzene rings is 1. The Balaban J connectivity index is 1.28. The lowest BCUT2D eigenvalue weighted by Crippen LogP contribution is -2.64. The Kier molecular flexibility index (Phi) is 5.25. The van der Waals surface area contributed by atoms with Gasteiger partial charge in [0.1, 0.15) is 11.7 Å². The molecule has 4 N–H and O–H groups in total. The lowest BCUT2D eigenvalue weighted by atomic mass is 9.44. The SMILES string of the molecule is CO[C@@H]1C=C(O)[C@H]2[C@@H]3C[C@H]4CC[C@]5(CC[C@@H](Cc6cccc(NC[C@H](C)O)c6)C5)[C@]3(C)[C@@]4(C)[C@@]12O. The Morgan fingerprint density at radius 1 is 1.17 bits per heavy atom. The molecule has 0 unspecified atom stereocenters. The van der Waals surface area contributed by atoms with Gasteiger partial charge in [0.2, 0.25) is 0 Å². The molecule has 5 aliphatic carbocycles. The van der Waals surface area contributed by atoms with Crippen LogP contribution in [0.3, 0.4) is 0 Å². The van der Waals surface area contributed by atoms with E-state index in [-0.39, 0.29) is 28.3 Å². The summed E-state index contributed by atoms with van der Waals surface area (Å²) in [7, 11) is 1.67. The van der Waals surface area contributed by atoms with Gasteiger partial charge in [-0.05, 0) is 104 Å². The van der Waals surface area contributed by atoms with Gasteiger partial charge in [0.05, 0.1) is 17.8 Å². The molecule has 4 saturated carbocycles. The number of hydrogen-bond donors (Lipinski definition) is 4. The molecule has 192 valence electrons. The minimum Gasteiger partial charge on any atom is -0.512 e. The summed E-state index contributed by atoms with van der Waals surface area (Å²) in [4.78, 5) is 0. The molecule has 6 rings (SSSR count). The highest BCUT2D eigenvalue weighted by molar-refractivity contribution is 5.46. The van der Waals surface area contributed by atoms with Crippen molar-refractivity contribution < 1.29 is 20.1 Å². The number of anilines is 1. The maximum absolute atomic E-state index is 12.4. The number of aliphatic hydroxyl groups excluding tert-OH is 2. The van der Waals surface area contributed by atoms with Gasteiger partial charge in [-0.2, -0.15) is 0 Å². The molecule has 0 radical (unpaired) electrons. The van der Waals surface area contributed by atoms with Gasteiger partial charge in [0.15, 0.2) is 0 Å². The van der Waals surface area contributed by atoms with Crippen LogP contribution < -0.4 is 5.32 Å². The molecule has 5 heteroatoms. The third kappa shape index (κ3) is 2.81. The Morgan fingerprint density at radius 2 is 1.94 bits per heavy atom. The quantitative estimate of drug-likeness (QED) is 0.455. The summed E-state index contributed by atoms with van der Waals surface area (Å²) in [5, 5.41) is 36.4. The van der Waals surface area contributed by atoms with E-state index in [0.29, 0.717) is 30.1 Å². The van der Waals surface area contributed by atoms with Crippen LogP contribution in [0.2, 0.25) is 0 Å². The maximum Gasteiger partial charge on any atom is 0.111 e. The summed E-state index contributed by atoms with van der Waals surface area (Å²) in [5.74, 6) is 1.62. The summed E-state index contributed by atoms with van der Waals surface area (Å²) < 4.78 is 5.82. The zero-order chi connectivity index (χ0) is 24.8. The molecule has 0 aliphatic heterocycles. The molecule has 4 fully saturated rings. The second-order valence-electron chi connectivity index (χ2n) is 13.1. The molecule has 5 aliphatic rings. The van der Waals surface area contributed by atoms with Crippen molar-refractivity contribution in [2.75, 3.05) is 19.0 Å². The Labute approximate surface area is 210 Å².